The number of carbonyl (C=O) groups is 9. The summed E-state index contributed by atoms with van der Waals surface area (Å²) in [5.74, 6) is -6.46. The maximum Gasteiger partial charge on any atom is 0.408 e. The number of nitrogens with zero attached hydrogens (tertiary/aromatic N) is 2. The molecule has 0 spiro atoms. The standard InChI is InChI=1S/C48H68N8O12/c1-28(2)25-34(51-41(60)33(15-11-23-49)50-44(63)40(29(3)4)54-47(66)67-48(5,6)7)42(61)52-35(26-30-13-9-8-10-14-30)45(64)55-24-12-16-37(55)43(62)53-36(27-31-17-19-32(57)20-18-31)46(65)68-56-38(58)21-22-39(56)59/h8-10,13-14,17-20,28-29,33-37,40,57H,11-12,15-16,21-27,49H2,1-7H3,(H,50,63)(H,51,60)(H,52,61)(H,53,62)(H,54,66)/t33-,34-,35+,36+,37-,40-/m0/s1. The molecule has 8 amide bonds. The van der Waals surface area contributed by atoms with Crippen molar-refractivity contribution in [2.75, 3.05) is 13.1 Å². The Labute approximate surface area is 397 Å². The molecule has 20 nitrogen and oxygen atoms in total. The number of phenolic OH excluding ortho intramolecular Hbond substituents is 1. The monoisotopic (exact) mass is 948 g/mol. The van der Waals surface area contributed by atoms with Crippen molar-refractivity contribution in [3.8, 4) is 5.75 Å². The van der Waals surface area contributed by atoms with Gasteiger partial charge in [-0.15, -0.1) is 5.06 Å². The molecule has 2 aromatic rings. The average Bonchev–Trinajstić information content (AvgIpc) is 3.89. The first-order valence-corrected chi connectivity index (χ1v) is 23.2. The van der Waals surface area contributed by atoms with Crippen molar-refractivity contribution in [1.29, 1.82) is 0 Å². The highest BCUT2D eigenvalue weighted by atomic mass is 16.7. The summed E-state index contributed by atoms with van der Waals surface area (Å²) in [5.41, 5.74) is 6.15. The van der Waals surface area contributed by atoms with Gasteiger partial charge in [-0.2, -0.15) is 0 Å². The quantitative estimate of drug-likeness (QED) is 0.0834. The van der Waals surface area contributed by atoms with Crippen LogP contribution in [0.1, 0.15) is 105 Å². The van der Waals surface area contributed by atoms with E-state index < -0.39 is 101 Å². The van der Waals surface area contributed by atoms with Crippen LogP contribution in [-0.4, -0.2) is 123 Å². The molecule has 2 aromatic carbocycles. The fraction of sp³-hybridized carbons (Fsp3) is 0.562. The molecule has 0 saturated carbocycles. The highest BCUT2D eigenvalue weighted by molar-refractivity contribution is 6.02. The van der Waals surface area contributed by atoms with E-state index in [2.05, 4.69) is 26.6 Å². The van der Waals surface area contributed by atoms with E-state index >= 15 is 0 Å². The number of nitrogens with one attached hydrogen (secondary N) is 5. The van der Waals surface area contributed by atoms with Crippen molar-refractivity contribution in [2.45, 2.75) is 148 Å². The Morgan fingerprint density at radius 3 is 1.91 bits per heavy atom. The highest BCUT2D eigenvalue weighted by Crippen LogP contribution is 2.22. The average molecular weight is 949 g/mol. The summed E-state index contributed by atoms with van der Waals surface area (Å²) in [4.78, 5) is 128. The van der Waals surface area contributed by atoms with Crippen LogP contribution < -0.4 is 32.3 Å². The minimum atomic E-state index is -1.43. The van der Waals surface area contributed by atoms with Crippen LogP contribution in [0.5, 0.6) is 5.75 Å². The topological polar surface area (TPSA) is 285 Å². The van der Waals surface area contributed by atoms with Crippen molar-refractivity contribution in [1.82, 2.24) is 36.5 Å². The number of phenols is 1. The Kier molecular flexibility index (Phi) is 19.9. The van der Waals surface area contributed by atoms with Gasteiger partial charge in [0.25, 0.3) is 11.8 Å². The second-order valence-corrected chi connectivity index (χ2v) is 18.9. The van der Waals surface area contributed by atoms with Gasteiger partial charge in [-0.3, -0.25) is 33.6 Å². The zero-order valence-electron chi connectivity index (χ0n) is 40.0. The first kappa shape index (κ1) is 54.0. The molecule has 6 atom stereocenters. The number of benzene rings is 2. The van der Waals surface area contributed by atoms with Gasteiger partial charge in [-0.05, 0) is 94.5 Å². The third kappa shape index (κ3) is 16.3. The summed E-state index contributed by atoms with van der Waals surface area (Å²) >= 11 is 0. The molecule has 2 aliphatic rings. The van der Waals surface area contributed by atoms with E-state index in [1.54, 1.807) is 65.0 Å². The predicted octanol–water partition coefficient (Wildman–Crippen LogP) is 2.05. The lowest BCUT2D eigenvalue weighted by atomic mass is 9.99. The Morgan fingerprint density at radius 2 is 1.32 bits per heavy atom. The number of hydrogen-bond donors (Lipinski definition) is 7. The fourth-order valence-corrected chi connectivity index (χ4v) is 7.76. The van der Waals surface area contributed by atoms with Gasteiger partial charge < -0.3 is 51.9 Å². The molecular weight excluding hydrogens is 881 g/mol. The van der Waals surface area contributed by atoms with E-state index in [9.17, 15) is 48.3 Å². The van der Waals surface area contributed by atoms with Gasteiger partial charge in [-0.1, -0.05) is 70.2 Å². The molecule has 2 fully saturated rings. The van der Waals surface area contributed by atoms with E-state index in [4.69, 9.17) is 15.3 Å². The van der Waals surface area contributed by atoms with Crippen LogP contribution in [0.2, 0.25) is 0 Å². The van der Waals surface area contributed by atoms with Crippen LogP contribution in [0.3, 0.4) is 0 Å². The highest BCUT2D eigenvalue weighted by Gasteiger charge is 2.42. The van der Waals surface area contributed by atoms with Gasteiger partial charge in [0, 0.05) is 32.2 Å². The second kappa shape index (κ2) is 25.0. The molecule has 4 rings (SSSR count). The molecule has 372 valence electrons. The lowest BCUT2D eigenvalue weighted by Crippen LogP contribution is -2.60. The number of hydrogen-bond acceptors (Lipinski definition) is 13. The van der Waals surface area contributed by atoms with Gasteiger partial charge in [0.1, 0.15) is 47.6 Å². The molecule has 0 unspecified atom stereocenters. The van der Waals surface area contributed by atoms with Gasteiger partial charge in [0.2, 0.25) is 29.5 Å². The largest absolute Gasteiger partial charge is 0.508 e. The molecule has 0 aliphatic carbocycles. The maximum absolute atomic E-state index is 14.7. The number of imide groups is 1. The second-order valence-electron chi connectivity index (χ2n) is 18.9. The number of ether oxygens (including phenoxy) is 1. The Bertz CT molecular complexity index is 2090. The molecule has 2 aliphatic heterocycles. The van der Waals surface area contributed by atoms with Crippen LogP contribution in [0, 0.1) is 11.8 Å². The first-order chi connectivity index (χ1) is 32.1. The molecule has 2 saturated heterocycles. The Balaban J connectivity index is 1.56. The van der Waals surface area contributed by atoms with E-state index in [-0.39, 0.29) is 69.7 Å². The lowest BCUT2D eigenvalue weighted by molar-refractivity contribution is -0.199. The van der Waals surface area contributed by atoms with Crippen molar-refractivity contribution in [3.63, 3.8) is 0 Å². The van der Waals surface area contributed by atoms with Crippen LogP contribution in [0.15, 0.2) is 54.6 Å². The van der Waals surface area contributed by atoms with E-state index in [0.29, 0.717) is 29.0 Å². The minimum absolute atomic E-state index is 0.00269. The zero-order valence-corrected chi connectivity index (χ0v) is 40.0. The summed E-state index contributed by atoms with van der Waals surface area (Å²) in [5, 5.41) is 23.8. The van der Waals surface area contributed by atoms with Gasteiger partial charge >= 0.3 is 12.1 Å². The molecule has 20 heteroatoms. The Hall–Kier alpha value is -6.57. The number of aromatic hydroxyl groups is 1. The summed E-state index contributed by atoms with van der Waals surface area (Å²) in [7, 11) is 0. The third-order valence-corrected chi connectivity index (χ3v) is 11.2. The van der Waals surface area contributed by atoms with E-state index in [1.807, 2.05) is 13.8 Å². The molecule has 0 bridgehead atoms. The van der Waals surface area contributed by atoms with Crippen molar-refractivity contribution >= 4 is 53.4 Å². The zero-order chi connectivity index (χ0) is 50.3. The summed E-state index contributed by atoms with van der Waals surface area (Å²) in [6.45, 7) is 12.5. The van der Waals surface area contributed by atoms with Gasteiger partial charge in [0.15, 0.2) is 0 Å². The van der Waals surface area contributed by atoms with E-state index in [0.717, 1.165) is 0 Å². The normalized spacial score (nSPS) is 17.2. The van der Waals surface area contributed by atoms with Gasteiger partial charge in [-0.25, -0.2) is 9.59 Å². The van der Waals surface area contributed by atoms with Crippen molar-refractivity contribution in [2.24, 2.45) is 17.6 Å². The minimum Gasteiger partial charge on any atom is -0.508 e. The fourth-order valence-electron chi connectivity index (χ4n) is 7.76. The Morgan fingerprint density at radius 1 is 0.750 bits per heavy atom. The summed E-state index contributed by atoms with van der Waals surface area (Å²) in [6, 6.07) is 7.50. The third-order valence-electron chi connectivity index (χ3n) is 11.2. The van der Waals surface area contributed by atoms with Crippen molar-refractivity contribution < 1.29 is 57.8 Å². The number of alkyl carbamates (subject to hydrolysis) is 1. The number of likely N-dealkylation sites (tertiary alicyclic amines) is 1. The summed E-state index contributed by atoms with van der Waals surface area (Å²) < 4.78 is 5.35. The van der Waals surface area contributed by atoms with Crippen LogP contribution >= 0.6 is 0 Å². The van der Waals surface area contributed by atoms with Crippen molar-refractivity contribution in [3.05, 3.63) is 65.7 Å². The number of nitrogens with two attached hydrogens (primary N) is 1. The maximum atomic E-state index is 14.7. The van der Waals surface area contributed by atoms with Crippen LogP contribution in [-0.2, 0) is 60.8 Å². The molecule has 68 heavy (non-hydrogen) atoms. The van der Waals surface area contributed by atoms with Gasteiger partial charge in [0.05, 0.1) is 0 Å². The first-order valence-electron chi connectivity index (χ1n) is 23.2. The SMILES string of the molecule is CC(C)C[C@H](NC(=O)[C@H](CCCN)NC(=O)[C@@H](NC(=O)OC(C)(C)C)C(C)C)C(=O)N[C@H](Cc1ccccc1)C(=O)N1CCC[C@H]1C(=O)N[C@H](Cc1ccc(O)cc1)C(=O)ON1C(=O)CCC1=O. The molecule has 0 aromatic heterocycles. The smallest absolute Gasteiger partial charge is 0.408 e. The van der Waals surface area contributed by atoms with E-state index in [1.165, 1.54) is 29.2 Å². The molecule has 0 radical (unpaired) electrons. The summed E-state index contributed by atoms with van der Waals surface area (Å²) in [6.07, 6.45) is -0.0862. The van der Waals surface area contributed by atoms with Crippen LogP contribution in [0.4, 0.5) is 4.79 Å². The molecule has 2 heterocycles. The number of rotatable bonds is 22. The van der Waals surface area contributed by atoms with Crippen LogP contribution in [0.25, 0.3) is 0 Å². The predicted molar refractivity (Wildman–Crippen MR) is 247 cm³/mol. The lowest BCUT2D eigenvalue weighted by Gasteiger charge is -2.31. The number of amides is 8. The molecular formula is C48H68N8O12. The number of hydroxylamine groups is 2. The molecule has 8 N–H and O–H groups in total. The number of carbonyl (C=O) groups excluding carboxylic acids is 9.